The van der Waals surface area contributed by atoms with E-state index in [0.29, 0.717) is 6.04 Å². The summed E-state index contributed by atoms with van der Waals surface area (Å²) < 4.78 is 38.0. The fourth-order valence-electron chi connectivity index (χ4n) is 2.57. The van der Waals surface area contributed by atoms with E-state index in [2.05, 4.69) is 20.2 Å². The van der Waals surface area contributed by atoms with Gasteiger partial charge >= 0.3 is 6.18 Å². The summed E-state index contributed by atoms with van der Waals surface area (Å²) in [5.74, 6) is -0.216. The number of anilines is 2. The van der Waals surface area contributed by atoms with Crippen LogP contribution in [0.4, 0.5) is 24.9 Å². The molecule has 3 N–H and O–H groups in total. The first-order chi connectivity index (χ1) is 9.41. The van der Waals surface area contributed by atoms with Gasteiger partial charge in [-0.05, 0) is 19.3 Å². The molecule has 0 spiro atoms. The van der Waals surface area contributed by atoms with Gasteiger partial charge in [-0.15, -0.1) is 0 Å². The lowest BCUT2D eigenvalue weighted by molar-refractivity contribution is -0.141. The van der Waals surface area contributed by atoms with E-state index in [0.717, 1.165) is 25.6 Å². The molecule has 1 aromatic rings. The molecule has 3 rings (SSSR count). The first-order valence-electron chi connectivity index (χ1n) is 6.64. The van der Waals surface area contributed by atoms with Gasteiger partial charge in [0.1, 0.15) is 5.82 Å². The Morgan fingerprint density at radius 2 is 2.00 bits per heavy atom. The fraction of sp³-hybridized carbons (Fsp3) is 0.667. The van der Waals surface area contributed by atoms with Gasteiger partial charge in [-0.25, -0.2) is 4.98 Å². The second-order valence-electron chi connectivity index (χ2n) is 5.35. The number of nitrogen functional groups attached to an aromatic ring is 1. The Hall–Kier alpha value is -1.57. The molecule has 0 amide bonds. The molecule has 20 heavy (non-hydrogen) atoms. The average molecular weight is 287 g/mol. The van der Waals surface area contributed by atoms with Crippen molar-refractivity contribution in [3.05, 3.63) is 11.8 Å². The van der Waals surface area contributed by atoms with Crippen molar-refractivity contribution in [3.8, 4) is 0 Å². The summed E-state index contributed by atoms with van der Waals surface area (Å²) >= 11 is 0. The lowest BCUT2D eigenvalue weighted by Crippen LogP contribution is -2.28. The van der Waals surface area contributed by atoms with Crippen LogP contribution in [0.5, 0.6) is 0 Å². The van der Waals surface area contributed by atoms with Crippen LogP contribution in [-0.2, 0) is 6.18 Å². The number of hydrogen-bond donors (Lipinski definition) is 2. The van der Waals surface area contributed by atoms with E-state index in [1.165, 1.54) is 12.8 Å². The number of aromatic nitrogens is 2. The maximum absolute atomic E-state index is 12.7. The van der Waals surface area contributed by atoms with Crippen molar-refractivity contribution in [2.24, 2.45) is 0 Å². The van der Waals surface area contributed by atoms with Crippen molar-refractivity contribution in [2.75, 3.05) is 24.1 Å². The summed E-state index contributed by atoms with van der Waals surface area (Å²) in [5, 5.41) is 3.03. The van der Waals surface area contributed by atoms with Gasteiger partial charge in [-0.3, -0.25) is 4.90 Å². The van der Waals surface area contributed by atoms with E-state index in [9.17, 15) is 13.2 Å². The summed E-state index contributed by atoms with van der Waals surface area (Å²) in [6.07, 6.45) is -1.15. The highest BCUT2D eigenvalue weighted by atomic mass is 19.4. The smallest absolute Gasteiger partial charge is 0.368 e. The summed E-state index contributed by atoms with van der Waals surface area (Å²) in [6, 6.07) is 1.70. The monoisotopic (exact) mass is 287 g/mol. The third-order valence-electron chi connectivity index (χ3n) is 3.67. The second kappa shape index (κ2) is 4.76. The van der Waals surface area contributed by atoms with E-state index in [-0.39, 0.29) is 17.8 Å². The Morgan fingerprint density at radius 3 is 2.65 bits per heavy atom. The standard InChI is InChI=1S/C12H16F3N5/c13-12(14,15)9-5-10(19-11(16)18-9)17-7-3-4-20(6-7)8-1-2-8/h5,7-8H,1-4,6H2,(H3,16,17,18,19). The molecule has 8 heteroatoms. The van der Waals surface area contributed by atoms with Gasteiger partial charge in [0.05, 0.1) is 0 Å². The molecule has 1 saturated carbocycles. The highest BCUT2D eigenvalue weighted by Crippen LogP contribution is 2.32. The van der Waals surface area contributed by atoms with Gasteiger partial charge in [0.25, 0.3) is 0 Å². The number of halogens is 3. The predicted molar refractivity (Wildman–Crippen MR) is 68.1 cm³/mol. The summed E-state index contributed by atoms with van der Waals surface area (Å²) in [6.45, 7) is 1.82. The highest BCUT2D eigenvalue weighted by molar-refractivity contribution is 5.42. The van der Waals surface area contributed by atoms with E-state index in [1.54, 1.807) is 0 Å². The topological polar surface area (TPSA) is 67.1 Å². The molecular formula is C12H16F3N5. The molecule has 0 aromatic carbocycles. The molecule has 0 bridgehead atoms. The van der Waals surface area contributed by atoms with E-state index < -0.39 is 11.9 Å². The summed E-state index contributed by atoms with van der Waals surface area (Å²) in [7, 11) is 0. The van der Waals surface area contributed by atoms with Crippen LogP contribution in [-0.4, -0.2) is 40.0 Å². The molecule has 1 unspecified atom stereocenters. The van der Waals surface area contributed by atoms with Gasteiger partial charge in [0, 0.05) is 31.2 Å². The molecule has 2 aliphatic rings. The largest absolute Gasteiger partial charge is 0.433 e. The molecule has 1 saturated heterocycles. The molecule has 0 radical (unpaired) electrons. The van der Waals surface area contributed by atoms with Crippen molar-refractivity contribution in [1.82, 2.24) is 14.9 Å². The predicted octanol–water partition coefficient (Wildman–Crippen LogP) is 1.73. The summed E-state index contributed by atoms with van der Waals surface area (Å²) in [4.78, 5) is 9.43. The first-order valence-corrected chi connectivity index (χ1v) is 6.64. The van der Waals surface area contributed by atoms with E-state index in [1.807, 2.05) is 0 Å². The third-order valence-corrected chi connectivity index (χ3v) is 3.67. The minimum atomic E-state index is -4.51. The normalized spacial score (nSPS) is 24.1. The SMILES string of the molecule is Nc1nc(NC2CCN(C3CC3)C2)cc(C(F)(F)F)n1. The number of alkyl halides is 3. The first kappa shape index (κ1) is 13.4. The zero-order valence-corrected chi connectivity index (χ0v) is 10.8. The van der Waals surface area contributed by atoms with Gasteiger partial charge in [0.15, 0.2) is 5.69 Å². The van der Waals surface area contributed by atoms with Gasteiger partial charge in [-0.1, -0.05) is 0 Å². The Kier molecular flexibility index (Phi) is 3.19. The van der Waals surface area contributed by atoms with Crippen LogP contribution < -0.4 is 11.1 Å². The quantitative estimate of drug-likeness (QED) is 0.886. The minimum Gasteiger partial charge on any atom is -0.368 e. The number of hydrogen-bond acceptors (Lipinski definition) is 5. The number of likely N-dealkylation sites (tertiary alicyclic amines) is 1. The van der Waals surface area contributed by atoms with Crippen molar-refractivity contribution < 1.29 is 13.2 Å². The van der Waals surface area contributed by atoms with Gasteiger partial charge in [0.2, 0.25) is 5.95 Å². The number of nitrogens with zero attached hydrogens (tertiary/aromatic N) is 3. The molecule has 5 nitrogen and oxygen atoms in total. The minimum absolute atomic E-state index is 0.117. The van der Waals surface area contributed by atoms with Crippen LogP contribution in [0.25, 0.3) is 0 Å². The summed E-state index contributed by atoms with van der Waals surface area (Å²) in [5.41, 5.74) is 4.33. The Labute approximate surface area is 114 Å². The molecule has 1 atom stereocenters. The van der Waals surface area contributed by atoms with Crippen molar-refractivity contribution in [3.63, 3.8) is 0 Å². The molecule has 1 aromatic heterocycles. The van der Waals surface area contributed by atoms with Crippen LogP contribution in [0.2, 0.25) is 0 Å². The average Bonchev–Trinajstić information content (AvgIpc) is 3.09. The van der Waals surface area contributed by atoms with Crippen LogP contribution in [0.1, 0.15) is 25.0 Å². The number of nitrogens with two attached hydrogens (primary N) is 1. The van der Waals surface area contributed by atoms with Crippen molar-refractivity contribution in [1.29, 1.82) is 0 Å². The van der Waals surface area contributed by atoms with Gasteiger partial charge < -0.3 is 11.1 Å². The number of rotatable bonds is 3. The van der Waals surface area contributed by atoms with Gasteiger partial charge in [-0.2, -0.15) is 18.2 Å². The van der Waals surface area contributed by atoms with Crippen molar-refractivity contribution in [2.45, 2.75) is 37.5 Å². The van der Waals surface area contributed by atoms with Crippen LogP contribution in [0.15, 0.2) is 6.07 Å². The zero-order chi connectivity index (χ0) is 14.3. The maximum atomic E-state index is 12.7. The second-order valence-corrected chi connectivity index (χ2v) is 5.35. The Bertz CT molecular complexity index is 500. The molecule has 2 heterocycles. The lowest BCUT2D eigenvalue weighted by Gasteiger charge is -2.17. The Balaban J connectivity index is 1.69. The van der Waals surface area contributed by atoms with E-state index >= 15 is 0 Å². The van der Waals surface area contributed by atoms with Crippen LogP contribution in [0, 0.1) is 0 Å². The Morgan fingerprint density at radius 1 is 1.25 bits per heavy atom. The maximum Gasteiger partial charge on any atom is 0.433 e. The molecule has 1 aliphatic carbocycles. The molecule has 1 aliphatic heterocycles. The zero-order valence-electron chi connectivity index (χ0n) is 10.8. The fourth-order valence-corrected chi connectivity index (χ4v) is 2.57. The molecule has 2 fully saturated rings. The van der Waals surface area contributed by atoms with Crippen LogP contribution in [0.3, 0.4) is 0 Å². The number of nitrogens with one attached hydrogen (secondary N) is 1. The van der Waals surface area contributed by atoms with Crippen molar-refractivity contribution >= 4 is 11.8 Å². The van der Waals surface area contributed by atoms with E-state index in [4.69, 9.17) is 5.73 Å². The molecule has 110 valence electrons. The highest BCUT2D eigenvalue weighted by Gasteiger charge is 2.36. The molecular weight excluding hydrogens is 271 g/mol. The van der Waals surface area contributed by atoms with Crippen LogP contribution >= 0.6 is 0 Å². The lowest BCUT2D eigenvalue weighted by atomic mass is 10.2. The third kappa shape index (κ3) is 2.95.